The Labute approximate surface area is 140 Å². The van der Waals surface area contributed by atoms with Crippen molar-refractivity contribution in [2.75, 3.05) is 0 Å². The Morgan fingerprint density at radius 2 is 1.83 bits per heavy atom. The summed E-state index contributed by atoms with van der Waals surface area (Å²) in [5.41, 5.74) is 0.278. The molecule has 1 N–H and O–H groups in total. The molecule has 2 fully saturated rings. The van der Waals surface area contributed by atoms with Crippen LogP contribution in [0.3, 0.4) is 0 Å². The van der Waals surface area contributed by atoms with Crippen LogP contribution in [0.5, 0.6) is 0 Å². The molecule has 0 unspecified atom stereocenters. The van der Waals surface area contributed by atoms with Crippen LogP contribution in [0.15, 0.2) is 41.3 Å². The van der Waals surface area contributed by atoms with Crippen molar-refractivity contribution in [1.29, 1.82) is 0 Å². The van der Waals surface area contributed by atoms with Gasteiger partial charge in [0.2, 0.25) is 5.91 Å². The van der Waals surface area contributed by atoms with Gasteiger partial charge in [-0.25, -0.2) is 17.5 Å². The van der Waals surface area contributed by atoms with E-state index in [9.17, 15) is 17.6 Å². The van der Waals surface area contributed by atoms with Gasteiger partial charge in [0.05, 0.1) is 0 Å². The lowest BCUT2D eigenvalue weighted by Crippen LogP contribution is -2.49. The van der Waals surface area contributed by atoms with E-state index in [1.165, 1.54) is 18.6 Å². The summed E-state index contributed by atoms with van der Waals surface area (Å²) in [6.07, 6.45) is 4.93. The molecule has 0 aliphatic heterocycles. The standard InChI is InChI=1S/C18H18FNO3S/c19-16-14-5-2-1-4-12(14)6-7-15(16)24(22,23)20-17(21)13-10-18(11-13)8-3-9-18/h1-2,4-7,13H,3,8-11H2,(H,20,21). The first-order valence-electron chi connectivity index (χ1n) is 8.14. The maximum absolute atomic E-state index is 14.6. The van der Waals surface area contributed by atoms with Crippen molar-refractivity contribution >= 4 is 26.7 Å². The summed E-state index contributed by atoms with van der Waals surface area (Å²) in [6, 6.07) is 9.39. The van der Waals surface area contributed by atoms with Gasteiger partial charge in [0.1, 0.15) is 4.90 Å². The third-order valence-electron chi connectivity index (χ3n) is 5.50. The highest BCUT2D eigenvalue weighted by Crippen LogP contribution is 2.58. The van der Waals surface area contributed by atoms with Gasteiger partial charge < -0.3 is 0 Å². The molecular formula is C18H18FNO3S. The van der Waals surface area contributed by atoms with Gasteiger partial charge in [-0.05, 0) is 42.6 Å². The van der Waals surface area contributed by atoms with E-state index in [1.807, 2.05) is 0 Å². The molecule has 4 rings (SSSR count). The Balaban J connectivity index is 1.56. The third-order valence-corrected chi connectivity index (χ3v) is 6.86. The van der Waals surface area contributed by atoms with Crippen molar-refractivity contribution in [2.45, 2.75) is 37.0 Å². The first-order valence-corrected chi connectivity index (χ1v) is 9.63. The fourth-order valence-corrected chi connectivity index (χ4v) is 5.08. The second kappa shape index (κ2) is 5.28. The van der Waals surface area contributed by atoms with Crippen molar-refractivity contribution in [3.63, 3.8) is 0 Å². The number of amides is 1. The number of halogens is 1. The molecule has 0 radical (unpaired) electrons. The zero-order chi connectivity index (χ0) is 16.9. The minimum Gasteiger partial charge on any atom is -0.274 e. The Bertz CT molecular complexity index is 926. The van der Waals surface area contributed by atoms with E-state index in [4.69, 9.17) is 0 Å². The summed E-state index contributed by atoms with van der Waals surface area (Å²) in [7, 11) is -4.20. The molecule has 4 nitrogen and oxygen atoms in total. The van der Waals surface area contributed by atoms with Gasteiger partial charge in [-0.1, -0.05) is 36.8 Å². The van der Waals surface area contributed by atoms with E-state index >= 15 is 0 Å². The normalized spacial score (nSPS) is 19.7. The summed E-state index contributed by atoms with van der Waals surface area (Å²) >= 11 is 0. The second-order valence-corrected chi connectivity index (χ2v) is 8.68. The van der Waals surface area contributed by atoms with Crippen molar-refractivity contribution in [2.24, 2.45) is 11.3 Å². The molecule has 126 valence electrons. The van der Waals surface area contributed by atoms with Crippen LogP contribution in [0.2, 0.25) is 0 Å². The number of nitrogens with one attached hydrogen (secondary N) is 1. The minimum atomic E-state index is -4.20. The highest BCUT2D eigenvalue weighted by atomic mass is 32.2. The average molecular weight is 347 g/mol. The SMILES string of the molecule is O=C(NS(=O)(=O)c1ccc2ccccc2c1F)C1CC2(CCC2)C1. The molecular weight excluding hydrogens is 329 g/mol. The summed E-state index contributed by atoms with van der Waals surface area (Å²) < 4.78 is 41.5. The molecule has 0 heterocycles. The average Bonchev–Trinajstić information content (AvgIpc) is 2.44. The van der Waals surface area contributed by atoms with E-state index < -0.39 is 26.6 Å². The summed E-state index contributed by atoms with van der Waals surface area (Å²) in [5, 5.41) is 0.844. The van der Waals surface area contributed by atoms with E-state index in [2.05, 4.69) is 4.72 Å². The van der Waals surface area contributed by atoms with E-state index in [0.29, 0.717) is 5.39 Å². The summed E-state index contributed by atoms with van der Waals surface area (Å²) in [4.78, 5) is 11.7. The van der Waals surface area contributed by atoms with Gasteiger partial charge >= 0.3 is 0 Å². The fourth-order valence-electron chi connectivity index (χ4n) is 3.95. The lowest BCUT2D eigenvalue weighted by molar-refractivity contribution is -0.134. The minimum absolute atomic E-state index is 0.227. The smallest absolute Gasteiger partial charge is 0.266 e. The number of fused-ring (bicyclic) bond motifs is 1. The van der Waals surface area contributed by atoms with Gasteiger partial charge in [-0.15, -0.1) is 0 Å². The molecule has 0 bridgehead atoms. The topological polar surface area (TPSA) is 63.2 Å². The van der Waals surface area contributed by atoms with Crippen molar-refractivity contribution in [1.82, 2.24) is 4.72 Å². The summed E-state index contributed by atoms with van der Waals surface area (Å²) in [6.45, 7) is 0. The van der Waals surface area contributed by atoms with Gasteiger partial charge in [-0.3, -0.25) is 4.79 Å². The zero-order valence-corrected chi connectivity index (χ0v) is 13.9. The van der Waals surface area contributed by atoms with Crippen LogP contribution in [0.25, 0.3) is 10.8 Å². The molecule has 1 amide bonds. The first kappa shape index (κ1) is 15.6. The lowest BCUT2D eigenvalue weighted by Gasteiger charge is -2.53. The highest BCUT2D eigenvalue weighted by molar-refractivity contribution is 7.90. The number of rotatable bonds is 3. The number of benzene rings is 2. The number of carbonyl (C=O) groups is 1. The summed E-state index contributed by atoms with van der Waals surface area (Å²) in [5.74, 6) is -1.61. The molecule has 24 heavy (non-hydrogen) atoms. The van der Waals surface area contributed by atoms with Crippen LogP contribution >= 0.6 is 0 Å². The van der Waals surface area contributed by atoms with Gasteiger partial charge in [-0.2, -0.15) is 0 Å². The van der Waals surface area contributed by atoms with Gasteiger partial charge in [0, 0.05) is 11.3 Å². The molecule has 1 spiro atoms. The third kappa shape index (κ3) is 2.40. The molecule has 6 heteroatoms. The first-order chi connectivity index (χ1) is 11.4. The highest BCUT2D eigenvalue weighted by Gasteiger charge is 2.51. The quantitative estimate of drug-likeness (QED) is 0.926. The monoisotopic (exact) mass is 347 g/mol. The van der Waals surface area contributed by atoms with Crippen LogP contribution in [0, 0.1) is 17.2 Å². The van der Waals surface area contributed by atoms with Crippen LogP contribution in [0.1, 0.15) is 32.1 Å². The Morgan fingerprint density at radius 3 is 2.50 bits per heavy atom. The molecule has 2 aromatic rings. The molecule has 2 aliphatic carbocycles. The Kier molecular flexibility index (Phi) is 3.42. The van der Waals surface area contributed by atoms with Gasteiger partial charge in [0.15, 0.2) is 5.82 Å². The fraction of sp³-hybridized carbons (Fsp3) is 0.389. The maximum atomic E-state index is 14.6. The van der Waals surface area contributed by atoms with Gasteiger partial charge in [0.25, 0.3) is 10.0 Å². The molecule has 0 aromatic heterocycles. The van der Waals surface area contributed by atoms with Crippen LogP contribution < -0.4 is 4.72 Å². The predicted octanol–water partition coefficient (Wildman–Crippen LogP) is 3.36. The number of carbonyl (C=O) groups excluding carboxylic acids is 1. The van der Waals surface area contributed by atoms with E-state index in [0.717, 1.165) is 25.7 Å². The maximum Gasteiger partial charge on any atom is 0.266 e. The molecule has 0 saturated heterocycles. The Morgan fingerprint density at radius 1 is 1.12 bits per heavy atom. The predicted molar refractivity (Wildman–Crippen MR) is 88.2 cm³/mol. The number of sulfonamides is 1. The lowest BCUT2D eigenvalue weighted by atomic mass is 9.52. The van der Waals surface area contributed by atoms with Crippen LogP contribution in [-0.2, 0) is 14.8 Å². The molecule has 0 atom stereocenters. The number of hydrogen-bond acceptors (Lipinski definition) is 3. The molecule has 2 aliphatic rings. The van der Waals surface area contributed by atoms with E-state index in [1.54, 1.807) is 24.3 Å². The molecule has 2 saturated carbocycles. The zero-order valence-electron chi connectivity index (χ0n) is 13.1. The van der Waals surface area contributed by atoms with Crippen molar-refractivity contribution < 1.29 is 17.6 Å². The van der Waals surface area contributed by atoms with Crippen molar-refractivity contribution in [3.8, 4) is 0 Å². The number of hydrogen-bond donors (Lipinski definition) is 1. The van der Waals surface area contributed by atoms with Crippen LogP contribution in [0.4, 0.5) is 4.39 Å². The Hall–Kier alpha value is -1.95. The van der Waals surface area contributed by atoms with Crippen molar-refractivity contribution in [3.05, 3.63) is 42.2 Å². The molecule has 2 aromatic carbocycles. The van der Waals surface area contributed by atoms with E-state index in [-0.39, 0.29) is 16.7 Å². The largest absolute Gasteiger partial charge is 0.274 e. The second-order valence-electron chi connectivity index (χ2n) is 7.03. The van der Waals surface area contributed by atoms with Crippen LogP contribution in [-0.4, -0.2) is 14.3 Å².